The number of nitrogens with zero attached hydrogens (tertiary/aromatic N) is 2. The average Bonchev–Trinajstić information content (AvgIpc) is 2.92. The third kappa shape index (κ3) is 3.13. The molecule has 7 heteroatoms. The van der Waals surface area contributed by atoms with E-state index in [4.69, 9.17) is 5.26 Å². The van der Waals surface area contributed by atoms with E-state index < -0.39 is 5.91 Å². The van der Waals surface area contributed by atoms with Crippen LogP contribution >= 0.6 is 11.3 Å². The van der Waals surface area contributed by atoms with Crippen molar-refractivity contribution in [3.63, 3.8) is 0 Å². The highest BCUT2D eigenvalue weighted by molar-refractivity contribution is 7.13. The van der Waals surface area contributed by atoms with Crippen molar-refractivity contribution < 1.29 is 15.0 Å². The maximum absolute atomic E-state index is 11.9. The van der Waals surface area contributed by atoms with Crippen molar-refractivity contribution in [3.05, 3.63) is 40.9 Å². The number of thiazole rings is 1. The van der Waals surface area contributed by atoms with Gasteiger partial charge in [-0.1, -0.05) is 6.07 Å². The van der Waals surface area contributed by atoms with Gasteiger partial charge < -0.3 is 10.2 Å². The van der Waals surface area contributed by atoms with Gasteiger partial charge in [0.2, 0.25) is 0 Å². The molecule has 0 aliphatic rings. The molecular formula is C13H9N3O3S. The fourth-order valence-electron chi connectivity index (χ4n) is 1.40. The maximum atomic E-state index is 11.9. The molecule has 0 aliphatic heterocycles. The lowest BCUT2D eigenvalue weighted by molar-refractivity contribution is -0.112. The number of carbonyl (C=O) groups is 1. The van der Waals surface area contributed by atoms with E-state index in [0.717, 1.165) is 0 Å². The van der Waals surface area contributed by atoms with Gasteiger partial charge in [-0.2, -0.15) is 5.26 Å². The zero-order valence-electron chi connectivity index (χ0n) is 10.1. The first-order chi connectivity index (χ1) is 9.60. The Labute approximate surface area is 118 Å². The quantitative estimate of drug-likeness (QED) is 0.455. The van der Waals surface area contributed by atoms with Crippen LogP contribution < -0.4 is 5.32 Å². The summed E-state index contributed by atoms with van der Waals surface area (Å²) in [6.45, 7) is 0. The Morgan fingerprint density at radius 1 is 1.40 bits per heavy atom. The number of amides is 1. The number of phenols is 2. The Kier molecular flexibility index (Phi) is 3.98. The van der Waals surface area contributed by atoms with Gasteiger partial charge >= 0.3 is 0 Å². The van der Waals surface area contributed by atoms with Crippen molar-refractivity contribution in [2.75, 3.05) is 5.32 Å². The van der Waals surface area contributed by atoms with Gasteiger partial charge in [0.1, 0.15) is 11.6 Å². The van der Waals surface area contributed by atoms with Crippen LogP contribution in [0.1, 0.15) is 5.56 Å². The molecule has 0 saturated heterocycles. The van der Waals surface area contributed by atoms with Gasteiger partial charge in [-0.3, -0.25) is 10.1 Å². The van der Waals surface area contributed by atoms with Crippen LogP contribution in [0.4, 0.5) is 5.13 Å². The van der Waals surface area contributed by atoms with E-state index in [9.17, 15) is 15.0 Å². The molecule has 1 amide bonds. The lowest BCUT2D eigenvalue weighted by Crippen LogP contribution is -2.13. The lowest BCUT2D eigenvalue weighted by Gasteiger charge is -2.01. The monoisotopic (exact) mass is 287 g/mol. The molecule has 2 aromatic rings. The van der Waals surface area contributed by atoms with E-state index in [2.05, 4.69) is 10.3 Å². The standard InChI is InChI=1S/C13H9N3O3S/c14-7-9(12(19)16-13-15-3-4-20-13)5-8-1-2-10(17)11(18)6-8/h1-6,17-18H,(H,15,16,19). The second-order valence-corrected chi connectivity index (χ2v) is 4.60. The number of phenolic OH excluding ortho intramolecular Hbond substituents is 2. The molecule has 0 aliphatic carbocycles. The number of aromatic nitrogens is 1. The van der Waals surface area contributed by atoms with Crippen molar-refractivity contribution in [3.8, 4) is 17.6 Å². The van der Waals surface area contributed by atoms with Crippen LogP contribution in [0, 0.1) is 11.3 Å². The highest BCUT2D eigenvalue weighted by atomic mass is 32.1. The van der Waals surface area contributed by atoms with Gasteiger partial charge in [0, 0.05) is 11.6 Å². The fourth-order valence-corrected chi connectivity index (χ4v) is 1.92. The third-order valence-corrected chi connectivity index (χ3v) is 3.02. The van der Waals surface area contributed by atoms with Crippen LogP contribution in [0.2, 0.25) is 0 Å². The van der Waals surface area contributed by atoms with E-state index >= 15 is 0 Å². The number of hydrogen-bond acceptors (Lipinski definition) is 6. The topological polar surface area (TPSA) is 106 Å². The second kappa shape index (κ2) is 5.86. The van der Waals surface area contributed by atoms with Crippen LogP contribution in [0.5, 0.6) is 11.5 Å². The first kappa shape index (κ1) is 13.6. The van der Waals surface area contributed by atoms with Gasteiger partial charge in [0.05, 0.1) is 0 Å². The summed E-state index contributed by atoms with van der Waals surface area (Å²) in [5.74, 6) is -1.18. The molecular weight excluding hydrogens is 278 g/mol. The fraction of sp³-hybridized carbons (Fsp3) is 0. The normalized spacial score (nSPS) is 10.8. The summed E-state index contributed by atoms with van der Waals surface area (Å²) in [7, 11) is 0. The molecule has 0 unspecified atom stereocenters. The minimum atomic E-state index is -0.588. The summed E-state index contributed by atoms with van der Waals surface area (Å²) >= 11 is 1.24. The largest absolute Gasteiger partial charge is 0.504 e. The Hall–Kier alpha value is -2.85. The molecule has 6 nitrogen and oxygen atoms in total. The molecule has 0 atom stereocenters. The molecule has 2 rings (SSSR count). The van der Waals surface area contributed by atoms with Crippen LogP contribution in [0.15, 0.2) is 35.3 Å². The number of benzene rings is 1. The van der Waals surface area contributed by atoms with E-state index in [0.29, 0.717) is 10.7 Å². The van der Waals surface area contributed by atoms with E-state index in [1.807, 2.05) is 0 Å². The number of aromatic hydroxyl groups is 2. The van der Waals surface area contributed by atoms with Crippen LogP contribution in [-0.4, -0.2) is 21.1 Å². The molecule has 3 N–H and O–H groups in total. The number of nitriles is 1. The molecule has 0 spiro atoms. The summed E-state index contributed by atoms with van der Waals surface area (Å²) < 4.78 is 0. The number of hydrogen-bond donors (Lipinski definition) is 3. The zero-order valence-corrected chi connectivity index (χ0v) is 10.9. The SMILES string of the molecule is N#CC(=Cc1ccc(O)c(O)c1)C(=O)Nc1nccs1. The van der Waals surface area contributed by atoms with E-state index in [-0.39, 0.29) is 17.1 Å². The van der Waals surface area contributed by atoms with E-state index in [1.54, 1.807) is 11.4 Å². The van der Waals surface area contributed by atoms with Gasteiger partial charge in [-0.05, 0) is 23.8 Å². The van der Waals surface area contributed by atoms with Crippen molar-refractivity contribution in [1.29, 1.82) is 5.26 Å². The lowest BCUT2D eigenvalue weighted by atomic mass is 10.1. The number of rotatable bonds is 3. The number of carbonyl (C=O) groups excluding carboxylic acids is 1. The zero-order chi connectivity index (χ0) is 14.5. The molecule has 0 fully saturated rings. The number of anilines is 1. The van der Waals surface area contributed by atoms with Gasteiger partial charge in [-0.25, -0.2) is 4.98 Å². The van der Waals surface area contributed by atoms with Crippen molar-refractivity contribution in [1.82, 2.24) is 4.98 Å². The molecule has 0 radical (unpaired) electrons. The molecule has 1 aromatic carbocycles. The summed E-state index contributed by atoms with van der Waals surface area (Å²) in [5, 5.41) is 32.1. The van der Waals surface area contributed by atoms with Crippen LogP contribution in [0.3, 0.4) is 0 Å². The highest BCUT2D eigenvalue weighted by Gasteiger charge is 2.11. The van der Waals surface area contributed by atoms with Crippen LogP contribution in [-0.2, 0) is 4.79 Å². The molecule has 100 valence electrons. The predicted molar refractivity (Wildman–Crippen MR) is 74.1 cm³/mol. The summed E-state index contributed by atoms with van der Waals surface area (Å²) in [6.07, 6.45) is 2.84. The summed E-state index contributed by atoms with van der Waals surface area (Å²) in [5.41, 5.74) is 0.288. The Bertz CT molecular complexity index is 702. The van der Waals surface area contributed by atoms with Crippen LogP contribution in [0.25, 0.3) is 6.08 Å². The molecule has 20 heavy (non-hydrogen) atoms. The van der Waals surface area contributed by atoms with Crippen molar-refractivity contribution >= 4 is 28.5 Å². The molecule has 0 saturated carbocycles. The Balaban J connectivity index is 2.22. The minimum Gasteiger partial charge on any atom is -0.504 e. The minimum absolute atomic E-state index is 0.134. The summed E-state index contributed by atoms with van der Waals surface area (Å²) in [6, 6.07) is 5.78. The first-order valence-corrected chi connectivity index (χ1v) is 6.32. The van der Waals surface area contributed by atoms with Crippen molar-refractivity contribution in [2.45, 2.75) is 0 Å². The van der Waals surface area contributed by atoms with Gasteiger partial charge in [0.15, 0.2) is 16.6 Å². The second-order valence-electron chi connectivity index (χ2n) is 3.71. The smallest absolute Gasteiger partial charge is 0.268 e. The molecule has 1 aromatic heterocycles. The predicted octanol–water partition coefficient (Wildman–Crippen LogP) is 2.10. The van der Waals surface area contributed by atoms with E-state index in [1.165, 1.54) is 41.8 Å². The van der Waals surface area contributed by atoms with Crippen molar-refractivity contribution in [2.24, 2.45) is 0 Å². The van der Waals surface area contributed by atoms with Gasteiger partial charge in [-0.15, -0.1) is 11.3 Å². The van der Waals surface area contributed by atoms with Gasteiger partial charge in [0.25, 0.3) is 5.91 Å². The average molecular weight is 287 g/mol. The third-order valence-electron chi connectivity index (χ3n) is 2.33. The maximum Gasteiger partial charge on any atom is 0.268 e. The molecule has 0 bridgehead atoms. The Morgan fingerprint density at radius 3 is 2.80 bits per heavy atom. The highest BCUT2D eigenvalue weighted by Crippen LogP contribution is 2.26. The molecule has 1 heterocycles. The first-order valence-electron chi connectivity index (χ1n) is 5.45. The summed E-state index contributed by atoms with van der Waals surface area (Å²) in [4.78, 5) is 15.7. The number of nitrogens with one attached hydrogen (secondary N) is 1. The Morgan fingerprint density at radius 2 is 2.20 bits per heavy atom.